The van der Waals surface area contributed by atoms with Crippen molar-refractivity contribution >= 4 is 22.8 Å². The number of aromatic nitrogens is 4. The van der Waals surface area contributed by atoms with E-state index in [1.807, 2.05) is 29.0 Å². The molecule has 0 amide bonds. The number of hydrogen-bond donors (Lipinski definition) is 1. The molecule has 10 heteroatoms. The highest BCUT2D eigenvalue weighted by molar-refractivity contribution is 6.06. The predicted octanol–water partition coefficient (Wildman–Crippen LogP) is 5.35. The van der Waals surface area contributed by atoms with Crippen molar-refractivity contribution in [2.75, 3.05) is 26.1 Å². The van der Waals surface area contributed by atoms with E-state index in [2.05, 4.69) is 34.3 Å². The summed E-state index contributed by atoms with van der Waals surface area (Å²) >= 11 is 0. The second kappa shape index (κ2) is 10.1. The monoisotopic (exact) mass is 505 g/mol. The molecule has 0 unspecified atom stereocenters. The molecule has 194 valence electrons. The van der Waals surface area contributed by atoms with Crippen molar-refractivity contribution in [3.05, 3.63) is 47.6 Å². The molecule has 1 aromatic carbocycles. The van der Waals surface area contributed by atoms with Crippen LogP contribution < -0.4 is 14.8 Å². The van der Waals surface area contributed by atoms with E-state index in [0.717, 1.165) is 29.4 Å². The smallest absolute Gasteiger partial charge is 0.344 e. The Morgan fingerprint density at radius 2 is 2.03 bits per heavy atom. The summed E-state index contributed by atoms with van der Waals surface area (Å²) in [6.45, 7) is 6.65. The summed E-state index contributed by atoms with van der Waals surface area (Å²) in [6, 6.07) is 5.78. The highest BCUT2D eigenvalue weighted by atomic mass is 16.5. The molecular formula is C27H31N5O5. The zero-order chi connectivity index (χ0) is 26.1. The number of nitrogens with one attached hydrogen (secondary N) is 1. The van der Waals surface area contributed by atoms with Crippen LogP contribution in [0.15, 0.2) is 35.2 Å². The van der Waals surface area contributed by atoms with Crippen LogP contribution in [0.3, 0.4) is 0 Å². The van der Waals surface area contributed by atoms with Gasteiger partial charge in [0.1, 0.15) is 40.5 Å². The Balaban J connectivity index is 1.62. The summed E-state index contributed by atoms with van der Waals surface area (Å²) in [7, 11) is 3.25. The molecule has 1 fully saturated rings. The molecule has 5 rings (SSSR count). The normalized spacial score (nSPS) is 13.2. The van der Waals surface area contributed by atoms with Crippen LogP contribution in [0.2, 0.25) is 0 Å². The van der Waals surface area contributed by atoms with E-state index in [1.54, 1.807) is 21.1 Å². The molecule has 4 aromatic rings. The number of nitrogens with zero attached hydrogens (tertiary/aromatic N) is 4. The molecular weight excluding hydrogens is 474 g/mol. The van der Waals surface area contributed by atoms with Gasteiger partial charge in [0.05, 0.1) is 26.2 Å². The molecule has 0 spiro atoms. The number of carbonyl (C=O) groups excluding carboxylic acids is 1. The number of methoxy groups -OCH3 is 2. The number of anilines is 1. The summed E-state index contributed by atoms with van der Waals surface area (Å²) in [5.41, 5.74) is 3.22. The number of esters is 1. The van der Waals surface area contributed by atoms with Crippen LogP contribution in [0.25, 0.3) is 22.3 Å². The Bertz CT molecular complexity index is 1440. The van der Waals surface area contributed by atoms with Gasteiger partial charge in [-0.1, -0.05) is 5.16 Å². The first kappa shape index (κ1) is 24.6. The van der Waals surface area contributed by atoms with Gasteiger partial charge in [0.25, 0.3) is 0 Å². The fraction of sp³-hybridized carbons (Fsp3) is 0.407. The van der Waals surface area contributed by atoms with Gasteiger partial charge in [-0.25, -0.2) is 14.8 Å². The zero-order valence-electron chi connectivity index (χ0n) is 21.7. The SMILES string of the molecule is CCOC(=O)c1c(-c2cn(C(C)C)c3ncnc(NCc4ccc(OC)cc4OC)c23)noc1C1CC1. The van der Waals surface area contributed by atoms with Gasteiger partial charge in [-0.05, 0) is 45.7 Å². The van der Waals surface area contributed by atoms with E-state index < -0.39 is 5.97 Å². The van der Waals surface area contributed by atoms with Crippen LogP contribution in [0.4, 0.5) is 5.82 Å². The molecule has 1 N–H and O–H groups in total. The molecule has 0 atom stereocenters. The van der Waals surface area contributed by atoms with Crippen LogP contribution in [0.5, 0.6) is 11.5 Å². The average molecular weight is 506 g/mol. The van der Waals surface area contributed by atoms with E-state index in [-0.39, 0.29) is 18.6 Å². The maximum Gasteiger partial charge on any atom is 0.344 e. The van der Waals surface area contributed by atoms with Crippen molar-refractivity contribution < 1.29 is 23.5 Å². The van der Waals surface area contributed by atoms with Crippen molar-refractivity contribution in [2.45, 2.75) is 52.1 Å². The third-order valence-corrected chi connectivity index (χ3v) is 6.51. The van der Waals surface area contributed by atoms with E-state index >= 15 is 0 Å². The fourth-order valence-electron chi connectivity index (χ4n) is 4.48. The predicted molar refractivity (Wildman–Crippen MR) is 138 cm³/mol. The summed E-state index contributed by atoms with van der Waals surface area (Å²) in [5.74, 6) is 2.38. The number of ether oxygens (including phenoxy) is 3. The molecule has 3 heterocycles. The lowest BCUT2D eigenvalue weighted by Gasteiger charge is -2.13. The largest absolute Gasteiger partial charge is 0.497 e. The van der Waals surface area contributed by atoms with Gasteiger partial charge >= 0.3 is 5.97 Å². The van der Waals surface area contributed by atoms with Gasteiger partial charge in [0.15, 0.2) is 5.76 Å². The third kappa shape index (κ3) is 4.59. The molecule has 0 radical (unpaired) electrons. The maximum atomic E-state index is 13.0. The first-order valence-corrected chi connectivity index (χ1v) is 12.4. The second-order valence-corrected chi connectivity index (χ2v) is 9.26. The highest BCUT2D eigenvalue weighted by Crippen LogP contribution is 2.46. The second-order valence-electron chi connectivity index (χ2n) is 9.26. The molecule has 1 saturated carbocycles. The Hall–Kier alpha value is -4.08. The van der Waals surface area contributed by atoms with Crippen LogP contribution >= 0.6 is 0 Å². The molecule has 0 bridgehead atoms. The third-order valence-electron chi connectivity index (χ3n) is 6.51. The number of hydrogen-bond acceptors (Lipinski definition) is 9. The Kier molecular flexibility index (Phi) is 6.73. The van der Waals surface area contributed by atoms with Gasteiger partial charge in [-0.15, -0.1) is 0 Å². The standard InChI is InChI=1S/C27H31N5O5/c1-6-36-27(33)22-23(31-37-24(22)16-7-8-16)19-13-32(15(2)3)26-21(19)25(29-14-30-26)28-12-17-9-10-18(34-4)11-20(17)35-5/h9-11,13-16H,6-8,12H2,1-5H3,(H,28,29,30). The lowest BCUT2D eigenvalue weighted by molar-refractivity contribution is 0.0524. The van der Waals surface area contributed by atoms with Crippen molar-refractivity contribution in [2.24, 2.45) is 0 Å². The number of carbonyl (C=O) groups is 1. The Morgan fingerprint density at radius 3 is 2.70 bits per heavy atom. The minimum absolute atomic E-state index is 0.113. The van der Waals surface area contributed by atoms with Crippen LogP contribution in [0, 0.1) is 0 Å². The topological polar surface area (TPSA) is 114 Å². The lowest BCUT2D eigenvalue weighted by Crippen LogP contribution is -2.08. The van der Waals surface area contributed by atoms with Gasteiger partial charge < -0.3 is 28.6 Å². The molecule has 0 saturated heterocycles. The highest BCUT2D eigenvalue weighted by Gasteiger charge is 2.37. The molecule has 3 aromatic heterocycles. The molecule has 1 aliphatic carbocycles. The van der Waals surface area contributed by atoms with Crippen LogP contribution in [-0.2, 0) is 11.3 Å². The van der Waals surface area contributed by atoms with Crippen molar-refractivity contribution in [3.63, 3.8) is 0 Å². The minimum Gasteiger partial charge on any atom is -0.497 e. The molecule has 0 aliphatic heterocycles. The summed E-state index contributed by atoms with van der Waals surface area (Å²) < 4.78 is 24.0. The van der Waals surface area contributed by atoms with Crippen molar-refractivity contribution in [3.8, 4) is 22.8 Å². The van der Waals surface area contributed by atoms with Gasteiger partial charge in [0, 0.05) is 41.9 Å². The minimum atomic E-state index is -0.430. The van der Waals surface area contributed by atoms with Gasteiger partial charge in [0.2, 0.25) is 0 Å². The summed E-state index contributed by atoms with van der Waals surface area (Å²) in [6.07, 6.45) is 5.42. The number of benzene rings is 1. The quantitative estimate of drug-likeness (QED) is 0.285. The zero-order valence-corrected chi connectivity index (χ0v) is 21.7. The summed E-state index contributed by atoms with van der Waals surface area (Å²) in [5, 5.41) is 8.56. The first-order valence-electron chi connectivity index (χ1n) is 12.4. The van der Waals surface area contributed by atoms with Crippen molar-refractivity contribution in [1.82, 2.24) is 19.7 Å². The summed E-state index contributed by atoms with van der Waals surface area (Å²) in [4.78, 5) is 22.2. The van der Waals surface area contributed by atoms with E-state index in [0.29, 0.717) is 46.4 Å². The van der Waals surface area contributed by atoms with Gasteiger partial charge in [-0.2, -0.15) is 0 Å². The number of rotatable bonds is 10. The average Bonchev–Trinajstić information content (AvgIpc) is 3.53. The molecule has 10 nitrogen and oxygen atoms in total. The Morgan fingerprint density at radius 1 is 1.22 bits per heavy atom. The Labute approximate surface area is 214 Å². The maximum absolute atomic E-state index is 13.0. The van der Waals surface area contributed by atoms with Crippen molar-refractivity contribution in [1.29, 1.82) is 0 Å². The lowest BCUT2D eigenvalue weighted by atomic mass is 10.0. The van der Waals surface area contributed by atoms with Gasteiger partial charge in [-0.3, -0.25) is 0 Å². The first-order chi connectivity index (χ1) is 18.0. The van der Waals surface area contributed by atoms with Crippen LogP contribution in [-0.4, -0.2) is 46.5 Å². The van der Waals surface area contributed by atoms with E-state index in [9.17, 15) is 4.79 Å². The number of fused-ring (bicyclic) bond motifs is 1. The fourth-order valence-corrected chi connectivity index (χ4v) is 4.48. The molecule has 1 aliphatic rings. The van der Waals surface area contributed by atoms with E-state index in [1.165, 1.54) is 6.33 Å². The van der Waals surface area contributed by atoms with E-state index in [4.69, 9.17) is 18.7 Å². The van der Waals surface area contributed by atoms with Crippen LogP contribution in [0.1, 0.15) is 67.3 Å². The molecule has 37 heavy (non-hydrogen) atoms.